The summed E-state index contributed by atoms with van der Waals surface area (Å²) in [6.07, 6.45) is 0. The summed E-state index contributed by atoms with van der Waals surface area (Å²) in [5.74, 6) is 3.58. The molecule has 18 rings (SSSR count). The molecular weight excluding hydrogens is 1110 g/mol. The highest BCUT2D eigenvalue weighted by Crippen LogP contribution is 2.41. The number of para-hydroxylation sites is 4. The fourth-order valence-electron chi connectivity index (χ4n) is 12.5. The Morgan fingerprint density at radius 2 is 0.600 bits per heavy atom. The maximum atomic E-state index is 10.5. The third kappa shape index (κ3) is 8.90. The van der Waals surface area contributed by atoms with Crippen molar-refractivity contribution in [3.05, 3.63) is 291 Å². The number of nitrogens with zero attached hydrogens (tertiary/aromatic N) is 9. The Morgan fingerprint density at radius 1 is 0.256 bits per heavy atom. The van der Waals surface area contributed by atoms with Gasteiger partial charge in [0.1, 0.15) is 28.4 Å². The number of benzene rings is 12. The lowest BCUT2D eigenvalue weighted by molar-refractivity contribution is 0.669. The first-order valence-electron chi connectivity index (χ1n) is 29.6. The molecule has 90 heavy (non-hydrogen) atoms. The van der Waals surface area contributed by atoms with E-state index in [1.54, 1.807) is 0 Å². The van der Waals surface area contributed by atoms with E-state index in [0.717, 1.165) is 121 Å². The molecule has 6 aromatic heterocycles. The van der Waals surface area contributed by atoms with Gasteiger partial charge >= 0.3 is 0 Å². The Hall–Kier alpha value is -12.7. The van der Waals surface area contributed by atoms with E-state index < -0.39 is 0 Å². The topological polar surface area (TPSA) is 137 Å². The Labute approximate surface area is 514 Å². The molecule has 0 aliphatic carbocycles. The molecule has 0 aliphatic heterocycles. The van der Waals surface area contributed by atoms with Crippen LogP contribution < -0.4 is 0 Å². The SMILES string of the molecule is N#Cc1cc(-c2nc(-c3ccccc3)nc(-c3ccccc3)n2)ccc1-n1c2ccccc2c2cc3c(cc21)oc1ccccc13.c1ccc(-c2nc(-c3ccccc3)nc(-c3ccc(-n4c5ccccc5c5cc6c(cc54)oc4ccccc46)cc3)n2)cc1. The highest BCUT2D eigenvalue weighted by atomic mass is 16.3. The van der Waals surface area contributed by atoms with Gasteiger partial charge in [0.05, 0.1) is 33.3 Å². The number of hydrogen-bond acceptors (Lipinski definition) is 9. The van der Waals surface area contributed by atoms with Crippen molar-refractivity contribution < 1.29 is 8.83 Å². The van der Waals surface area contributed by atoms with Crippen LogP contribution in [0.5, 0.6) is 0 Å². The van der Waals surface area contributed by atoms with Crippen LogP contribution in [-0.4, -0.2) is 39.0 Å². The molecule has 11 heteroatoms. The van der Waals surface area contributed by atoms with E-state index in [9.17, 15) is 5.26 Å². The quantitative estimate of drug-likeness (QED) is 0.146. The highest BCUT2D eigenvalue weighted by molar-refractivity contribution is 6.19. The molecule has 0 saturated carbocycles. The second-order valence-electron chi connectivity index (χ2n) is 22.1. The van der Waals surface area contributed by atoms with E-state index in [1.165, 1.54) is 10.8 Å². The van der Waals surface area contributed by atoms with Gasteiger partial charge in [-0.25, -0.2) is 29.9 Å². The number of furan rings is 2. The smallest absolute Gasteiger partial charge is 0.164 e. The van der Waals surface area contributed by atoms with Crippen LogP contribution in [0.1, 0.15) is 5.56 Å². The van der Waals surface area contributed by atoms with Gasteiger partial charge in [-0.1, -0.05) is 194 Å². The normalized spacial score (nSPS) is 11.5. The molecule has 18 aromatic rings. The first-order valence-corrected chi connectivity index (χ1v) is 29.6. The fraction of sp³-hybridized carbons (Fsp3) is 0. The summed E-state index contributed by atoms with van der Waals surface area (Å²) in [5, 5.41) is 19.5. The average molecular weight is 1150 g/mol. The first-order chi connectivity index (χ1) is 44.5. The van der Waals surface area contributed by atoms with Crippen molar-refractivity contribution in [1.29, 1.82) is 5.26 Å². The van der Waals surface area contributed by atoms with Gasteiger partial charge in [-0.2, -0.15) is 5.26 Å². The molecule has 0 N–H and O–H groups in total. The third-order valence-corrected chi connectivity index (χ3v) is 16.7. The van der Waals surface area contributed by atoms with E-state index in [0.29, 0.717) is 40.5 Å². The molecule has 12 aromatic carbocycles. The van der Waals surface area contributed by atoms with Crippen LogP contribution in [0.2, 0.25) is 0 Å². The second kappa shape index (κ2) is 21.4. The molecule has 6 heterocycles. The van der Waals surface area contributed by atoms with Crippen molar-refractivity contribution in [3.8, 4) is 85.8 Å². The number of fused-ring (bicyclic) bond motifs is 12. The van der Waals surface area contributed by atoms with E-state index in [4.69, 9.17) is 38.7 Å². The van der Waals surface area contributed by atoms with E-state index in [2.05, 4.69) is 118 Å². The summed E-state index contributed by atoms with van der Waals surface area (Å²) in [6.45, 7) is 0. The number of nitriles is 1. The summed E-state index contributed by atoms with van der Waals surface area (Å²) < 4.78 is 17.0. The Bertz CT molecular complexity index is 5740. The molecule has 0 bridgehead atoms. The lowest BCUT2D eigenvalue weighted by atomic mass is 10.1. The van der Waals surface area contributed by atoms with Crippen molar-refractivity contribution in [1.82, 2.24) is 39.0 Å². The standard InChI is InChI=1S/C40H23N5O.C39H24N4O/c41-24-28-21-27(40-43-38(25-11-3-1-4-12-25)42-39(44-40)26-13-5-2-6-14-26)19-20-33(28)45-34-17-9-7-15-29(34)31-22-32-30-16-8-10-18-36(30)46-37(32)23-35(31)45;1-3-11-25(12-4-1)37-40-38(26-13-5-2-6-14-26)42-39(41-37)27-19-21-28(22-20-27)43-33-17-9-7-15-29(33)31-23-32-30-16-8-10-18-35(30)44-36(32)24-34(31)43/h1-23H;1-24H. The van der Waals surface area contributed by atoms with E-state index >= 15 is 0 Å². The van der Waals surface area contributed by atoms with Gasteiger partial charge in [-0.05, 0) is 78.9 Å². The predicted molar refractivity (Wildman–Crippen MR) is 360 cm³/mol. The van der Waals surface area contributed by atoms with Crippen LogP contribution in [0, 0.1) is 11.3 Å². The largest absolute Gasteiger partial charge is 0.456 e. The van der Waals surface area contributed by atoms with Crippen LogP contribution >= 0.6 is 0 Å². The van der Waals surface area contributed by atoms with E-state index in [-0.39, 0.29) is 0 Å². The van der Waals surface area contributed by atoms with Gasteiger partial charge in [0.15, 0.2) is 34.9 Å². The summed E-state index contributed by atoms with van der Waals surface area (Å²) in [6, 6.07) is 98.5. The molecule has 0 spiro atoms. The third-order valence-electron chi connectivity index (χ3n) is 16.7. The number of rotatable bonds is 8. The average Bonchev–Trinajstić information content (AvgIpc) is 1.63. The van der Waals surface area contributed by atoms with Crippen molar-refractivity contribution in [2.24, 2.45) is 0 Å². The highest BCUT2D eigenvalue weighted by Gasteiger charge is 2.22. The lowest BCUT2D eigenvalue weighted by Crippen LogP contribution is -2.02. The van der Waals surface area contributed by atoms with Gasteiger partial charge in [-0.3, -0.25) is 0 Å². The summed E-state index contributed by atoms with van der Waals surface area (Å²) >= 11 is 0. The Morgan fingerprint density at radius 3 is 1.03 bits per heavy atom. The fourth-order valence-corrected chi connectivity index (χ4v) is 12.5. The molecule has 0 atom stereocenters. The molecule has 0 radical (unpaired) electrons. The predicted octanol–water partition coefficient (Wildman–Crippen LogP) is 19.6. The molecule has 11 nitrogen and oxygen atoms in total. The summed E-state index contributed by atoms with van der Waals surface area (Å²) in [4.78, 5) is 29.2. The summed E-state index contributed by atoms with van der Waals surface area (Å²) in [7, 11) is 0. The molecule has 420 valence electrons. The zero-order chi connectivity index (χ0) is 59.7. The van der Waals surface area contributed by atoms with Crippen LogP contribution in [0.4, 0.5) is 0 Å². The maximum absolute atomic E-state index is 10.5. The zero-order valence-electron chi connectivity index (χ0n) is 48.0. The van der Waals surface area contributed by atoms with Crippen LogP contribution in [0.3, 0.4) is 0 Å². The van der Waals surface area contributed by atoms with Crippen molar-refractivity contribution in [2.75, 3.05) is 0 Å². The van der Waals surface area contributed by atoms with Gasteiger partial charge in [0.25, 0.3) is 0 Å². The van der Waals surface area contributed by atoms with Gasteiger partial charge in [0.2, 0.25) is 0 Å². The van der Waals surface area contributed by atoms with Crippen molar-refractivity contribution in [2.45, 2.75) is 0 Å². The maximum Gasteiger partial charge on any atom is 0.164 e. The first kappa shape index (κ1) is 51.7. The minimum Gasteiger partial charge on any atom is -0.456 e. The second-order valence-corrected chi connectivity index (χ2v) is 22.1. The molecule has 0 amide bonds. The number of hydrogen-bond donors (Lipinski definition) is 0. The van der Waals surface area contributed by atoms with Crippen LogP contribution in [0.15, 0.2) is 294 Å². The lowest BCUT2D eigenvalue weighted by Gasteiger charge is -2.12. The minimum absolute atomic E-state index is 0.502. The van der Waals surface area contributed by atoms with Crippen molar-refractivity contribution in [3.63, 3.8) is 0 Å². The zero-order valence-corrected chi connectivity index (χ0v) is 48.0. The molecular formula is C79H47N9O2. The Balaban J connectivity index is 0.000000139. The van der Waals surface area contributed by atoms with Gasteiger partial charge in [-0.15, -0.1) is 0 Å². The van der Waals surface area contributed by atoms with Crippen LogP contribution in [0.25, 0.3) is 167 Å². The molecule has 0 saturated heterocycles. The molecule has 0 unspecified atom stereocenters. The molecule has 0 aliphatic rings. The summed E-state index contributed by atoms with van der Waals surface area (Å²) in [5.41, 5.74) is 15.3. The van der Waals surface area contributed by atoms with Crippen LogP contribution in [-0.2, 0) is 0 Å². The van der Waals surface area contributed by atoms with E-state index in [1.807, 2.05) is 182 Å². The Kier molecular flexibility index (Phi) is 12.3. The van der Waals surface area contributed by atoms with Gasteiger partial charge in [0, 0.05) is 94.3 Å². The molecule has 0 fully saturated rings. The minimum atomic E-state index is 0.502. The monoisotopic (exact) mass is 1150 g/mol. The van der Waals surface area contributed by atoms with Crippen molar-refractivity contribution >= 4 is 87.5 Å². The number of aromatic nitrogens is 8. The van der Waals surface area contributed by atoms with Gasteiger partial charge < -0.3 is 18.0 Å².